The molecule has 0 saturated carbocycles. The van der Waals surface area contributed by atoms with E-state index in [0.29, 0.717) is 27.6 Å². The van der Waals surface area contributed by atoms with E-state index in [9.17, 15) is 9.59 Å². The average Bonchev–Trinajstić information content (AvgIpc) is 2.98. The van der Waals surface area contributed by atoms with Gasteiger partial charge in [0.25, 0.3) is 11.8 Å². The molecular formula is C17H13IN2O4S. The summed E-state index contributed by atoms with van der Waals surface area (Å²) < 4.78 is 11.5. The fourth-order valence-corrected chi connectivity index (χ4v) is 3.01. The summed E-state index contributed by atoms with van der Waals surface area (Å²) in [7, 11) is 0. The van der Waals surface area contributed by atoms with Crippen LogP contribution in [0.3, 0.4) is 0 Å². The molecule has 1 aromatic carbocycles. The number of hydrogen-bond acceptors (Lipinski definition) is 5. The number of nitrogens with zero attached hydrogens (tertiary/aromatic N) is 1. The molecule has 8 heteroatoms. The maximum Gasteiger partial charge on any atom is 0.270 e. The summed E-state index contributed by atoms with van der Waals surface area (Å²) in [6.07, 6.45) is 1.41. The fourth-order valence-electron chi connectivity index (χ4n) is 2.30. The normalized spacial score (nSPS) is 16.3. The van der Waals surface area contributed by atoms with Crippen molar-refractivity contribution in [2.75, 3.05) is 11.5 Å². The van der Waals surface area contributed by atoms with Gasteiger partial charge in [-0.2, -0.15) is 0 Å². The first-order valence-electron chi connectivity index (χ1n) is 7.39. The van der Waals surface area contributed by atoms with E-state index in [-0.39, 0.29) is 10.7 Å². The lowest BCUT2D eigenvalue weighted by Crippen LogP contribution is -2.54. The second-order valence-electron chi connectivity index (χ2n) is 5.03. The number of halogens is 1. The smallest absolute Gasteiger partial charge is 0.270 e. The molecule has 128 valence electrons. The number of ether oxygens (including phenoxy) is 1. The Kier molecular flexibility index (Phi) is 5.19. The summed E-state index contributed by atoms with van der Waals surface area (Å²) >= 11 is 7.17. The van der Waals surface area contributed by atoms with Crippen molar-refractivity contribution in [2.24, 2.45) is 0 Å². The van der Waals surface area contributed by atoms with E-state index in [0.717, 1.165) is 0 Å². The molecule has 0 atom stereocenters. The molecule has 0 unspecified atom stereocenters. The molecule has 1 fully saturated rings. The largest absolute Gasteiger partial charge is 0.494 e. The van der Waals surface area contributed by atoms with Crippen LogP contribution < -0.4 is 15.0 Å². The Bertz CT molecular complexity index is 873. The van der Waals surface area contributed by atoms with Crippen molar-refractivity contribution in [3.05, 3.63) is 51.5 Å². The summed E-state index contributed by atoms with van der Waals surface area (Å²) in [6.45, 7) is 2.44. The average molecular weight is 468 g/mol. The van der Waals surface area contributed by atoms with Crippen LogP contribution in [-0.4, -0.2) is 23.5 Å². The van der Waals surface area contributed by atoms with Crippen LogP contribution in [0, 0.1) is 3.77 Å². The van der Waals surface area contributed by atoms with Crippen LogP contribution >= 0.6 is 34.8 Å². The lowest BCUT2D eigenvalue weighted by Gasteiger charge is -2.28. The van der Waals surface area contributed by atoms with Gasteiger partial charge in [0.2, 0.25) is 0 Å². The number of thiocarbonyl (C=S) groups is 1. The Balaban J connectivity index is 1.93. The highest BCUT2D eigenvalue weighted by Crippen LogP contribution is 2.25. The Labute approximate surface area is 163 Å². The van der Waals surface area contributed by atoms with Gasteiger partial charge in [-0.05, 0) is 84.2 Å². The van der Waals surface area contributed by atoms with Gasteiger partial charge in [0.15, 0.2) is 8.88 Å². The highest BCUT2D eigenvalue weighted by atomic mass is 127. The van der Waals surface area contributed by atoms with E-state index in [1.807, 2.05) is 29.5 Å². The second kappa shape index (κ2) is 7.36. The number of hydrogen-bond donors (Lipinski definition) is 1. The van der Waals surface area contributed by atoms with E-state index >= 15 is 0 Å². The minimum Gasteiger partial charge on any atom is -0.494 e. The van der Waals surface area contributed by atoms with Gasteiger partial charge in [-0.3, -0.25) is 19.8 Å². The minimum atomic E-state index is -0.552. The van der Waals surface area contributed by atoms with E-state index < -0.39 is 11.8 Å². The van der Waals surface area contributed by atoms with Crippen molar-refractivity contribution in [1.29, 1.82) is 0 Å². The highest BCUT2D eigenvalue weighted by Gasteiger charge is 2.34. The van der Waals surface area contributed by atoms with Crippen molar-refractivity contribution in [2.45, 2.75) is 6.92 Å². The third-order valence-corrected chi connectivity index (χ3v) is 4.25. The molecule has 2 heterocycles. The molecule has 2 amide bonds. The first-order valence-corrected chi connectivity index (χ1v) is 8.88. The van der Waals surface area contributed by atoms with Crippen molar-refractivity contribution in [3.63, 3.8) is 0 Å². The number of benzene rings is 1. The van der Waals surface area contributed by atoms with Gasteiger partial charge in [0.05, 0.1) is 12.3 Å². The van der Waals surface area contributed by atoms with Crippen LogP contribution in [0.15, 0.2) is 46.4 Å². The number of anilines is 1. The summed E-state index contributed by atoms with van der Waals surface area (Å²) in [4.78, 5) is 26.2. The van der Waals surface area contributed by atoms with E-state index in [1.54, 1.807) is 36.4 Å². The van der Waals surface area contributed by atoms with E-state index in [2.05, 4.69) is 5.32 Å². The molecule has 0 bridgehead atoms. The van der Waals surface area contributed by atoms with E-state index in [4.69, 9.17) is 21.4 Å². The molecule has 1 aliphatic rings. The SMILES string of the molecule is CCOc1ccc(N2C(=O)C(=Cc3ccc(I)o3)C(=O)NC2=S)cc1. The molecule has 1 aliphatic heterocycles. The third-order valence-electron chi connectivity index (χ3n) is 3.39. The van der Waals surface area contributed by atoms with Crippen LogP contribution in [0.25, 0.3) is 6.08 Å². The fraction of sp³-hybridized carbons (Fsp3) is 0.118. The van der Waals surface area contributed by atoms with Crippen LogP contribution in [-0.2, 0) is 9.59 Å². The molecular weight excluding hydrogens is 455 g/mol. The number of carbonyl (C=O) groups excluding carboxylic acids is 2. The Hall–Kier alpha value is -2.20. The van der Waals surface area contributed by atoms with Gasteiger partial charge < -0.3 is 9.15 Å². The number of furan rings is 1. The number of nitrogens with one attached hydrogen (secondary N) is 1. The molecule has 1 aromatic heterocycles. The predicted molar refractivity (Wildman–Crippen MR) is 105 cm³/mol. The monoisotopic (exact) mass is 468 g/mol. The zero-order chi connectivity index (χ0) is 18.0. The predicted octanol–water partition coefficient (Wildman–Crippen LogP) is 3.11. The summed E-state index contributed by atoms with van der Waals surface area (Å²) in [5, 5.41) is 2.56. The van der Waals surface area contributed by atoms with Crippen LogP contribution in [0.5, 0.6) is 5.75 Å². The van der Waals surface area contributed by atoms with E-state index in [1.165, 1.54) is 11.0 Å². The minimum absolute atomic E-state index is 0.0327. The number of amides is 2. The summed E-state index contributed by atoms with van der Waals surface area (Å²) in [5.74, 6) is 0.0434. The van der Waals surface area contributed by atoms with Crippen molar-refractivity contribution >= 4 is 63.5 Å². The zero-order valence-electron chi connectivity index (χ0n) is 13.1. The summed E-state index contributed by atoms with van der Waals surface area (Å²) in [5.41, 5.74) is 0.492. The van der Waals surface area contributed by atoms with Crippen molar-refractivity contribution in [1.82, 2.24) is 5.32 Å². The van der Waals surface area contributed by atoms with Gasteiger partial charge in [-0.1, -0.05) is 0 Å². The van der Waals surface area contributed by atoms with Gasteiger partial charge in [-0.25, -0.2) is 0 Å². The Morgan fingerprint density at radius 1 is 1.24 bits per heavy atom. The van der Waals surface area contributed by atoms with Crippen LogP contribution in [0.1, 0.15) is 12.7 Å². The standard InChI is InChI=1S/C17H13IN2O4S/c1-2-23-11-5-3-10(4-6-11)20-16(22)13(15(21)19-17(20)25)9-12-7-8-14(18)24-12/h3-9H,2H2,1H3,(H,19,21,25). The third kappa shape index (κ3) is 3.74. The lowest BCUT2D eigenvalue weighted by atomic mass is 10.1. The number of carbonyl (C=O) groups is 2. The molecule has 0 radical (unpaired) electrons. The van der Waals surface area contributed by atoms with Crippen LogP contribution in [0.2, 0.25) is 0 Å². The topological polar surface area (TPSA) is 71.8 Å². The molecule has 6 nitrogen and oxygen atoms in total. The van der Waals surface area contributed by atoms with Crippen LogP contribution in [0.4, 0.5) is 5.69 Å². The lowest BCUT2D eigenvalue weighted by molar-refractivity contribution is -0.122. The maximum atomic E-state index is 12.8. The van der Waals surface area contributed by atoms with Gasteiger partial charge in [0.1, 0.15) is 17.1 Å². The zero-order valence-corrected chi connectivity index (χ0v) is 16.1. The van der Waals surface area contributed by atoms with Gasteiger partial charge >= 0.3 is 0 Å². The first-order chi connectivity index (χ1) is 12.0. The number of rotatable bonds is 4. The highest BCUT2D eigenvalue weighted by molar-refractivity contribution is 14.1. The Morgan fingerprint density at radius 3 is 2.56 bits per heavy atom. The maximum absolute atomic E-state index is 12.8. The van der Waals surface area contributed by atoms with Gasteiger partial charge in [-0.15, -0.1) is 0 Å². The summed E-state index contributed by atoms with van der Waals surface area (Å²) in [6, 6.07) is 10.3. The first kappa shape index (κ1) is 17.6. The molecule has 0 spiro atoms. The quantitative estimate of drug-likeness (QED) is 0.323. The Morgan fingerprint density at radius 2 is 1.96 bits per heavy atom. The van der Waals surface area contributed by atoms with Gasteiger partial charge in [0, 0.05) is 0 Å². The molecule has 0 aliphatic carbocycles. The van der Waals surface area contributed by atoms with Crippen molar-refractivity contribution < 1.29 is 18.7 Å². The molecule has 1 N–H and O–H groups in total. The molecule has 2 aromatic rings. The second-order valence-corrected chi connectivity index (χ2v) is 6.48. The van der Waals surface area contributed by atoms with Crippen molar-refractivity contribution in [3.8, 4) is 5.75 Å². The molecule has 3 rings (SSSR count). The molecule has 25 heavy (non-hydrogen) atoms. The molecule has 1 saturated heterocycles.